The number of carbonyl (C=O) groups is 1. The average Bonchev–Trinajstić information content (AvgIpc) is 3.29. The van der Waals surface area contributed by atoms with Gasteiger partial charge in [-0.3, -0.25) is 9.79 Å². The Bertz CT molecular complexity index is 943. The molecule has 1 unspecified atom stereocenters. The van der Waals surface area contributed by atoms with Gasteiger partial charge in [0.25, 0.3) is 0 Å². The molecule has 1 aliphatic carbocycles. The molecule has 0 aromatic heterocycles. The number of benzene rings is 2. The van der Waals surface area contributed by atoms with Crippen LogP contribution in [-0.2, 0) is 11.3 Å². The normalized spacial score (nSPS) is 19.5. The quantitative estimate of drug-likeness (QED) is 0.331. The minimum atomic E-state index is 0. The predicted molar refractivity (Wildman–Crippen MR) is 141 cm³/mol. The van der Waals surface area contributed by atoms with Gasteiger partial charge in [-0.15, -0.1) is 24.0 Å². The summed E-state index contributed by atoms with van der Waals surface area (Å²) in [6, 6.07) is 12.8. The molecule has 4 rings (SSSR count). The lowest BCUT2D eigenvalue weighted by Gasteiger charge is -2.26. The van der Waals surface area contributed by atoms with Gasteiger partial charge in [0, 0.05) is 38.6 Å². The van der Waals surface area contributed by atoms with E-state index in [-0.39, 0.29) is 35.9 Å². The van der Waals surface area contributed by atoms with Crippen LogP contribution in [0.15, 0.2) is 41.4 Å². The van der Waals surface area contributed by atoms with Gasteiger partial charge in [-0.2, -0.15) is 0 Å². The molecule has 2 aromatic rings. The Morgan fingerprint density at radius 2 is 1.84 bits per heavy atom. The standard InChI is InChI=1S/C25H34N4O2.HI/c1-26-25(27-16-18-8-9-21-15-23(31-2)11-10-20(21)14-18)28-22-12-13-29(17-22)24(30)19-6-4-3-5-7-19;/h8-11,14-15,19,22H,3-7,12-13,16-17H2,1-2H3,(H2,26,27,28);1H. The number of amides is 1. The summed E-state index contributed by atoms with van der Waals surface area (Å²) in [6.07, 6.45) is 6.78. The second-order valence-corrected chi connectivity index (χ2v) is 8.72. The first kappa shape index (κ1) is 24.6. The van der Waals surface area contributed by atoms with Gasteiger partial charge in [-0.25, -0.2) is 0 Å². The lowest BCUT2D eigenvalue weighted by atomic mass is 9.88. The summed E-state index contributed by atoms with van der Waals surface area (Å²) in [5.41, 5.74) is 1.20. The summed E-state index contributed by atoms with van der Waals surface area (Å²) in [7, 11) is 3.48. The molecule has 0 radical (unpaired) electrons. The Morgan fingerprint density at radius 3 is 2.59 bits per heavy atom. The molecule has 1 atom stereocenters. The smallest absolute Gasteiger partial charge is 0.225 e. The third-order valence-corrected chi connectivity index (χ3v) is 6.59. The summed E-state index contributed by atoms with van der Waals surface area (Å²) >= 11 is 0. The van der Waals surface area contributed by atoms with Crippen LogP contribution in [0.3, 0.4) is 0 Å². The highest BCUT2D eigenvalue weighted by molar-refractivity contribution is 14.0. The number of hydrogen-bond donors (Lipinski definition) is 2. The fraction of sp³-hybridized carbons (Fsp3) is 0.520. The second-order valence-electron chi connectivity index (χ2n) is 8.72. The number of ether oxygens (including phenoxy) is 1. The van der Waals surface area contributed by atoms with Crippen molar-refractivity contribution >= 4 is 46.6 Å². The molecule has 1 amide bonds. The number of rotatable bonds is 5. The Balaban J connectivity index is 0.00000289. The molecule has 32 heavy (non-hydrogen) atoms. The molecule has 1 aliphatic heterocycles. The molecular formula is C25H35IN4O2. The summed E-state index contributed by atoms with van der Waals surface area (Å²) in [6.45, 7) is 2.31. The molecule has 2 N–H and O–H groups in total. The minimum absolute atomic E-state index is 0. The maximum absolute atomic E-state index is 12.8. The number of halogens is 1. The van der Waals surface area contributed by atoms with Crippen LogP contribution in [-0.4, -0.2) is 50.1 Å². The summed E-state index contributed by atoms with van der Waals surface area (Å²) < 4.78 is 5.31. The number of nitrogens with zero attached hydrogens (tertiary/aromatic N) is 2. The fourth-order valence-corrected chi connectivity index (χ4v) is 4.77. The van der Waals surface area contributed by atoms with E-state index >= 15 is 0 Å². The molecule has 6 nitrogen and oxygen atoms in total. The van der Waals surface area contributed by atoms with E-state index in [1.807, 2.05) is 12.1 Å². The average molecular weight is 550 g/mol. The van der Waals surface area contributed by atoms with Crippen LogP contribution in [0.1, 0.15) is 44.1 Å². The highest BCUT2D eigenvalue weighted by Gasteiger charge is 2.31. The van der Waals surface area contributed by atoms with Crippen LogP contribution < -0.4 is 15.4 Å². The van der Waals surface area contributed by atoms with Crippen LogP contribution in [0.25, 0.3) is 10.8 Å². The van der Waals surface area contributed by atoms with E-state index in [1.165, 1.54) is 35.6 Å². The molecular weight excluding hydrogens is 515 g/mol. The molecule has 2 aliphatic rings. The van der Waals surface area contributed by atoms with E-state index < -0.39 is 0 Å². The van der Waals surface area contributed by atoms with Crippen molar-refractivity contribution in [1.29, 1.82) is 0 Å². The Hall–Kier alpha value is -2.03. The minimum Gasteiger partial charge on any atom is -0.497 e. The number of hydrogen-bond acceptors (Lipinski definition) is 3. The van der Waals surface area contributed by atoms with E-state index in [0.717, 1.165) is 44.1 Å². The van der Waals surface area contributed by atoms with Crippen molar-refractivity contribution in [2.24, 2.45) is 10.9 Å². The van der Waals surface area contributed by atoms with Crippen molar-refractivity contribution < 1.29 is 9.53 Å². The Morgan fingerprint density at radius 1 is 1.09 bits per heavy atom. The number of nitrogens with one attached hydrogen (secondary N) is 2. The van der Waals surface area contributed by atoms with Gasteiger partial charge in [0.1, 0.15) is 5.75 Å². The first-order chi connectivity index (χ1) is 15.2. The third kappa shape index (κ3) is 6.05. The molecule has 2 aromatic carbocycles. The number of carbonyl (C=O) groups excluding carboxylic acids is 1. The molecule has 1 heterocycles. The summed E-state index contributed by atoms with van der Waals surface area (Å²) in [5.74, 6) is 2.26. The van der Waals surface area contributed by atoms with Crippen molar-refractivity contribution in [3.63, 3.8) is 0 Å². The zero-order valence-corrected chi connectivity index (χ0v) is 21.4. The van der Waals surface area contributed by atoms with Crippen LogP contribution >= 0.6 is 24.0 Å². The Labute approximate surface area is 208 Å². The number of aliphatic imine (C=N–C) groups is 1. The van der Waals surface area contributed by atoms with Gasteiger partial charge >= 0.3 is 0 Å². The van der Waals surface area contributed by atoms with Crippen LogP contribution in [0.5, 0.6) is 5.75 Å². The topological polar surface area (TPSA) is 66.0 Å². The van der Waals surface area contributed by atoms with Crippen molar-refractivity contribution in [3.05, 3.63) is 42.0 Å². The molecule has 0 bridgehead atoms. The first-order valence-electron chi connectivity index (χ1n) is 11.5. The maximum Gasteiger partial charge on any atom is 0.225 e. The molecule has 1 saturated heterocycles. The fourth-order valence-electron chi connectivity index (χ4n) is 4.77. The molecule has 1 saturated carbocycles. The number of guanidine groups is 1. The van der Waals surface area contributed by atoms with Gasteiger partial charge in [-0.05, 0) is 53.8 Å². The van der Waals surface area contributed by atoms with E-state index in [0.29, 0.717) is 12.5 Å². The lowest BCUT2D eigenvalue weighted by molar-refractivity contribution is -0.135. The van der Waals surface area contributed by atoms with Gasteiger partial charge in [0.2, 0.25) is 5.91 Å². The Kier molecular flexibility index (Phi) is 9.02. The monoisotopic (exact) mass is 550 g/mol. The second kappa shape index (κ2) is 11.7. The number of fused-ring (bicyclic) bond motifs is 1. The molecule has 7 heteroatoms. The SMILES string of the molecule is CN=C(NCc1ccc2cc(OC)ccc2c1)NC1CCN(C(=O)C2CCCCC2)C1.I. The summed E-state index contributed by atoms with van der Waals surface area (Å²) in [4.78, 5) is 19.2. The molecule has 174 valence electrons. The van der Waals surface area contributed by atoms with Crippen LogP contribution in [0.2, 0.25) is 0 Å². The van der Waals surface area contributed by atoms with Crippen molar-refractivity contribution in [1.82, 2.24) is 15.5 Å². The number of likely N-dealkylation sites (tertiary alicyclic amines) is 1. The predicted octanol–water partition coefficient (Wildman–Crippen LogP) is 4.31. The first-order valence-corrected chi connectivity index (χ1v) is 11.5. The van der Waals surface area contributed by atoms with Crippen molar-refractivity contribution in [2.45, 2.75) is 51.1 Å². The lowest BCUT2D eigenvalue weighted by Crippen LogP contribution is -2.45. The zero-order valence-electron chi connectivity index (χ0n) is 19.1. The zero-order chi connectivity index (χ0) is 21.6. The van der Waals surface area contributed by atoms with Gasteiger partial charge in [0.15, 0.2) is 5.96 Å². The van der Waals surface area contributed by atoms with Crippen LogP contribution in [0.4, 0.5) is 0 Å². The van der Waals surface area contributed by atoms with E-state index in [2.05, 4.69) is 44.8 Å². The largest absolute Gasteiger partial charge is 0.497 e. The van der Waals surface area contributed by atoms with Gasteiger partial charge in [-0.1, -0.05) is 37.5 Å². The van der Waals surface area contributed by atoms with Gasteiger partial charge < -0.3 is 20.3 Å². The van der Waals surface area contributed by atoms with E-state index in [9.17, 15) is 4.79 Å². The highest BCUT2D eigenvalue weighted by Crippen LogP contribution is 2.27. The summed E-state index contributed by atoms with van der Waals surface area (Å²) in [5, 5.41) is 9.28. The van der Waals surface area contributed by atoms with Crippen molar-refractivity contribution in [2.75, 3.05) is 27.2 Å². The molecule has 0 spiro atoms. The van der Waals surface area contributed by atoms with Gasteiger partial charge in [0.05, 0.1) is 7.11 Å². The van der Waals surface area contributed by atoms with Crippen molar-refractivity contribution in [3.8, 4) is 5.75 Å². The maximum atomic E-state index is 12.8. The van der Waals surface area contributed by atoms with E-state index in [1.54, 1.807) is 14.2 Å². The highest BCUT2D eigenvalue weighted by atomic mass is 127. The van der Waals surface area contributed by atoms with Crippen LogP contribution in [0, 0.1) is 5.92 Å². The number of methoxy groups -OCH3 is 1. The third-order valence-electron chi connectivity index (χ3n) is 6.59. The molecule has 2 fully saturated rings. The van der Waals surface area contributed by atoms with E-state index in [4.69, 9.17) is 4.74 Å².